The van der Waals surface area contributed by atoms with Crippen molar-refractivity contribution in [3.63, 3.8) is 0 Å². The molecule has 0 N–H and O–H groups in total. The number of rotatable bonds is 9. The van der Waals surface area contributed by atoms with Gasteiger partial charge >= 0.3 is 0 Å². The molecule has 13 rings (SSSR count). The lowest BCUT2D eigenvalue weighted by Gasteiger charge is -2.33. The lowest BCUT2D eigenvalue weighted by Crippen LogP contribution is -2.14. The van der Waals surface area contributed by atoms with Crippen LogP contribution in [-0.2, 0) is 0 Å². The second-order valence-electron chi connectivity index (χ2n) is 17.9. The molecule has 13 aromatic rings. The minimum Gasteiger partial charge on any atom is -0.309 e. The van der Waals surface area contributed by atoms with Crippen molar-refractivity contribution in [1.82, 2.24) is 0 Å². The molecule has 0 aliphatic heterocycles. The van der Waals surface area contributed by atoms with Gasteiger partial charge in [0.05, 0.1) is 11.4 Å². The van der Waals surface area contributed by atoms with E-state index in [1.54, 1.807) is 0 Å². The van der Waals surface area contributed by atoms with Crippen molar-refractivity contribution >= 4 is 70.1 Å². The molecule has 0 fully saturated rings. The number of fused-ring (bicyclic) bond motifs is 6. The summed E-state index contributed by atoms with van der Waals surface area (Å²) < 4.78 is 2.58. The van der Waals surface area contributed by atoms with Crippen LogP contribution in [0.4, 0.5) is 17.1 Å². The van der Waals surface area contributed by atoms with Crippen LogP contribution in [0.15, 0.2) is 273 Å². The molecule has 0 unspecified atom stereocenters. The molecular formula is C68H45NS. The van der Waals surface area contributed by atoms with Crippen molar-refractivity contribution in [2.24, 2.45) is 0 Å². The van der Waals surface area contributed by atoms with Gasteiger partial charge in [-0.15, -0.1) is 11.3 Å². The monoisotopic (exact) mass is 907 g/mol. The van der Waals surface area contributed by atoms with Crippen molar-refractivity contribution in [1.29, 1.82) is 0 Å². The van der Waals surface area contributed by atoms with E-state index in [2.05, 4.69) is 278 Å². The van der Waals surface area contributed by atoms with Gasteiger partial charge in [0.1, 0.15) is 0 Å². The smallest absolute Gasteiger partial charge is 0.0625 e. The highest BCUT2D eigenvalue weighted by Gasteiger charge is 2.27. The summed E-state index contributed by atoms with van der Waals surface area (Å²) in [5, 5.41) is 7.40. The average Bonchev–Trinajstić information content (AvgIpc) is 3.83. The van der Waals surface area contributed by atoms with Crippen molar-refractivity contribution in [2.75, 3.05) is 4.90 Å². The maximum absolute atomic E-state index is 2.57. The zero-order valence-electron chi connectivity index (χ0n) is 38.3. The van der Waals surface area contributed by atoms with Crippen LogP contribution >= 0.6 is 11.3 Å². The Balaban J connectivity index is 1.12. The van der Waals surface area contributed by atoms with Crippen LogP contribution in [-0.4, -0.2) is 0 Å². The zero-order valence-corrected chi connectivity index (χ0v) is 39.2. The average molecular weight is 908 g/mol. The van der Waals surface area contributed by atoms with Gasteiger partial charge in [-0.25, -0.2) is 0 Å². The van der Waals surface area contributed by atoms with Crippen LogP contribution in [0.25, 0.3) is 108 Å². The highest BCUT2D eigenvalue weighted by molar-refractivity contribution is 7.26. The Morgan fingerprint density at radius 2 is 0.714 bits per heavy atom. The summed E-state index contributed by atoms with van der Waals surface area (Å²) in [6.45, 7) is 0. The highest BCUT2D eigenvalue weighted by atomic mass is 32.1. The van der Waals surface area contributed by atoms with E-state index in [4.69, 9.17) is 0 Å². The second-order valence-corrected chi connectivity index (χ2v) is 19.0. The van der Waals surface area contributed by atoms with Crippen LogP contribution < -0.4 is 4.90 Å². The van der Waals surface area contributed by atoms with Crippen molar-refractivity contribution < 1.29 is 0 Å². The van der Waals surface area contributed by atoms with Gasteiger partial charge in [-0.1, -0.05) is 249 Å². The topological polar surface area (TPSA) is 3.24 Å². The summed E-state index contributed by atoms with van der Waals surface area (Å²) in [6.07, 6.45) is 0. The van der Waals surface area contributed by atoms with E-state index < -0.39 is 0 Å². The highest BCUT2D eigenvalue weighted by Crippen LogP contribution is 2.53. The molecule has 0 saturated carbocycles. The van der Waals surface area contributed by atoms with Crippen molar-refractivity contribution in [2.45, 2.75) is 0 Å². The van der Waals surface area contributed by atoms with E-state index >= 15 is 0 Å². The van der Waals surface area contributed by atoms with E-state index in [1.165, 1.54) is 97.4 Å². The first-order chi connectivity index (χ1) is 34.7. The molecule has 0 aliphatic rings. The molecule has 0 aliphatic carbocycles. The number of nitrogens with zero attached hydrogens (tertiary/aromatic N) is 1. The molecular weight excluding hydrogens is 863 g/mol. The fourth-order valence-electron chi connectivity index (χ4n) is 10.6. The van der Waals surface area contributed by atoms with E-state index in [0.717, 1.165) is 28.2 Å². The normalized spacial score (nSPS) is 11.4. The Morgan fingerprint density at radius 1 is 0.257 bits per heavy atom. The van der Waals surface area contributed by atoms with Crippen LogP contribution in [0.1, 0.15) is 0 Å². The van der Waals surface area contributed by atoms with E-state index in [0.29, 0.717) is 0 Å². The third-order valence-electron chi connectivity index (χ3n) is 13.9. The minimum atomic E-state index is 1.07. The van der Waals surface area contributed by atoms with Crippen LogP contribution in [0.2, 0.25) is 0 Å². The number of thiophene rings is 1. The van der Waals surface area contributed by atoms with E-state index in [1.807, 2.05) is 11.3 Å². The lowest BCUT2D eigenvalue weighted by atomic mass is 9.88. The van der Waals surface area contributed by atoms with Gasteiger partial charge in [0, 0.05) is 47.9 Å². The summed E-state index contributed by atoms with van der Waals surface area (Å²) >= 11 is 1.88. The maximum Gasteiger partial charge on any atom is 0.0625 e. The largest absolute Gasteiger partial charge is 0.309 e. The molecule has 0 spiro atoms. The summed E-state index contributed by atoms with van der Waals surface area (Å²) in [7, 11) is 0. The molecule has 1 nitrogen and oxygen atoms in total. The molecule has 70 heavy (non-hydrogen) atoms. The fourth-order valence-corrected chi connectivity index (χ4v) is 11.8. The van der Waals surface area contributed by atoms with Gasteiger partial charge in [-0.2, -0.15) is 0 Å². The minimum absolute atomic E-state index is 1.07. The van der Waals surface area contributed by atoms with Crippen LogP contribution in [0.5, 0.6) is 0 Å². The molecule has 2 heteroatoms. The molecule has 0 atom stereocenters. The Morgan fingerprint density at radius 3 is 1.39 bits per heavy atom. The predicted molar refractivity (Wildman–Crippen MR) is 302 cm³/mol. The van der Waals surface area contributed by atoms with Crippen molar-refractivity contribution in [3.8, 4) is 66.8 Å². The molecule has 1 aromatic heterocycles. The van der Waals surface area contributed by atoms with Gasteiger partial charge in [0.15, 0.2) is 0 Å². The standard InChI is InChI=1S/C68H45NS/c1-4-19-46(20-5-1)48-35-39-51(40-36-48)54-44-43-53(45-63(54)50-23-8-3-9-24-50)69(64-33-16-14-27-57(64)61-31-18-32-62-58-28-15-17-34-65(58)70-68(61)62)67-60-30-13-11-26-56(60)55-25-10-12-29-59(55)66(67)52-41-37-49(38-42-52)47-21-6-2-7-22-47/h1-45H. The van der Waals surface area contributed by atoms with E-state index in [-0.39, 0.29) is 0 Å². The third-order valence-corrected chi connectivity index (χ3v) is 15.1. The number of benzene rings is 12. The van der Waals surface area contributed by atoms with Crippen LogP contribution in [0, 0.1) is 0 Å². The molecule has 328 valence electrons. The summed E-state index contributed by atoms with van der Waals surface area (Å²) in [5.74, 6) is 0. The molecule has 1 heterocycles. The SMILES string of the molecule is c1ccc(-c2ccc(-c3ccc(N(c4ccccc4-c4cccc5c4sc4ccccc45)c4c(-c5ccc(-c6ccccc6)cc5)c5ccccc5c5ccccc45)cc3-c3ccccc3)cc2)cc1. The number of para-hydroxylation sites is 1. The van der Waals surface area contributed by atoms with Gasteiger partial charge in [-0.05, 0) is 90.5 Å². The predicted octanol–water partition coefficient (Wildman–Crippen LogP) is 19.8. The second kappa shape index (κ2) is 17.7. The number of hydrogen-bond acceptors (Lipinski definition) is 2. The first-order valence-corrected chi connectivity index (χ1v) is 24.8. The third kappa shape index (κ3) is 7.25. The Labute approximate surface area is 412 Å². The summed E-state index contributed by atoms with van der Waals surface area (Å²) in [4.78, 5) is 2.57. The molecule has 0 saturated heterocycles. The number of hydrogen-bond donors (Lipinski definition) is 0. The molecule has 0 amide bonds. The Bertz CT molecular complexity index is 4020. The first kappa shape index (κ1) is 41.4. The maximum atomic E-state index is 2.57. The van der Waals surface area contributed by atoms with Crippen LogP contribution in [0.3, 0.4) is 0 Å². The summed E-state index contributed by atoms with van der Waals surface area (Å²) in [6, 6.07) is 100. The van der Waals surface area contributed by atoms with Crippen molar-refractivity contribution in [3.05, 3.63) is 273 Å². The Kier molecular flexibility index (Phi) is 10.5. The fraction of sp³-hybridized carbons (Fsp3) is 0. The van der Waals surface area contributed by atoms with Gasteiger partial charge in [0.25, 0.3) is 0 Å². The molecule has 12 aromatic carbocycles. The Hall–Kier alpha value is -8.82. The van der Waals surface area contributed by atoms with Gasteiger partial charge < -0.3 is 4.90 Å². The van der Waals surface area contributed by atoms with E-state index in [9.17, 15) is 0 Å². The quantitative estimate of drug-likeness (QED) is 0.130. The summed E-state index contributed by atoms with van der Waals surface area (Å²) in [5.41, 5.74) is 17.5. The zero-order chi connectivity index (χ0) is 46.4. The van der Waals surface area contributed by atoms with Gasteiger partial charge in [0.2, 0.25) is 0 Å². The van der Waals surface area contributed by atoms with Gasteiger partial charge in [-0.3, -0.25) is 0 Å². The lowest BCUT2D eigenvalue weighted by molar-refractivity contribution is 1.30. The molecule has 0 radical (unpaired) electrons. The number of anilines is 3. The first-order valence-electron chi connectivity index (χ1n) is 24.0. The molecule has 0 bridgehead atoms.